The number of hydrogen-bond donors (Lipinski definition) is 1. The van der Waals surface area contributed by atoms with Crippen molar-refractivity contribution in [3.8, 4) is 5.75 Å². The third-order valence-corrected chi connectivity index (χ3v) is 3.26. The van der Waals surface area contributed by atoms with Crippen molar-refractivity contribution in [2.75, 3.05) is 11.9 Å². The van der Waals surface area contributed by atoms with Crippen LogP contribution in [0.5, 0.6) is 5.75 Å². The molecule has 2 aromatic rings. The molecule has 0 aliphatic rings. The lowest BCUT2D eigenvalue weighted by molar-refractivity contribution is -0.390. The van der Waals surface area contributed by atoms with Crippen molar-refractivity contribution >= 4 is 40.6 Å². The number of aryl methyl sites for hydroxylation is 1. The van der Waals surface area contributed by atoms with Gasteiger partial charge in [-0.1, -0.05) is 23.2 Å². The SMILES string of the molecule is Cc1ccc(OCC(=O)Nc2ccc(Cl)cc2Cl)c([N+](=O)[O-])n1. The van der Waals surface area contributed by atoms with Gasteiger partial charge in [0.15, 0.2) is 6.61 Å². The number of anilines is 1. The molecule has 1 aromatic carbocycles. The molecular weight excluding hydrogens is 345 g/mol. The molecule has 0 aliphatic heterocycles. The van der Waals surface area contributed by atoms with E-state index in [1.165, 1.54) is 12.1 Å². The number of halogens is 2. The molecule has 0 atom stereocenters. The number of nitro groups is 1. The van der Waals surface area contributed by atoms with Crippen LogP contribution in [0.4, 0.5) is 11.5 Å². The Kier molecular flexibility index (Phi) is 5.36. The van der Waals surface area contributed by atoms with E-state index < -0.39 is 23.3 Å². The number of carbonyl (C=O) groups is 1. The van der Waals surface area contributed by atoms with Gasteiger partial charge in [-0.15, -0.1) is 0 Å². The zero-order chi connectivity index (χ0) is 17.0. The standard InChI is InChI=1S/C14H11Cl2N3O4/c1-8-2-5-12(14(17-8)19(21)22)23-7-13(20)18-11-4-3-9(15)6-10(11)16/h2-6H,7H2,1H3,(H,18,20). The number of carbonyl (C=O) groups excluding carboxylic acids is 1. The first-order valence-corrected chi connectivity index (χ1v) is 7.12. The van der Waals surface area contributed by atoms with E-state index in [-0.39, 0.29) is 10.8 Å². The van der Waals surface area contributed by atoms with Gasteiger partial charge in [-0.2, -0.15) is 0 Å². The molecule has 0 fully saturated rings. The monoisotopic (exact) mass is 355 g/mol. The second kappa shape index (κ2) is 7.26. The summed E-state index contributed by atoms with van der Waals surface area (Å²) in [6.07, 6.45) is 0. The highest BCUT2D eigenvalue weighted by molar-refractivity contribution is 6.36. The fraction of sp³-hybridized carbons (Fsp3) is 0.143. The predicted octanol–water partition coefficient (Wildman–Crippen LogP) is 3.62. The molecule has 0 saturated carbocycles. The number of benzene rings is 1. The number of pyridine rings is 1. The Balaban J connectivity index is 2.03. The summed E-state index contributed by atoms with van der Waals surface area (Å²) < 4.78 is 5.17. The summed E-state index contributed by atoms with van der Waals surface area (Å²) in [5, 5.41) is 14.1. The van der Waals surface area contributed by atoms with Crippen LogP contribution in [0.3, 0.4) is 0 Å². The molecular formula is C14H11Cl2N3O4. The first kappa shape index (κ1) is 17.0. The van der Waals surface area contributed by atoms with Gasteiger partial charge in [0.2, 0.25) is 5.75 Å². The zero-order valence-corrected chi connectivity index (χ0v) is 13.4. The average molecular weight is 356 g/mol. The number of aromatic nitrogens is 1. The fourth-order valence-corrected chi connectivity index (χ4v) is 2.15. The van der Waals surface area contributed by atoms with Crippen LogP contribution in [-0.2, 0) is 4.79 Å². The van der Waals surface area contributed by atoms with Crippen molar-refractivity contribution in [2.45, 2.75) is 6.92 Å². The minimum atomic E-state index is -0.670. The van der Waals surface area contributed by atoms with Gasteiger partial charge in [-0.05, 0) is 40.2 Å². The quantitative estimate of drug-likeness (QED) is 0.652. The van der Waals surface area contributed by atoms with Gasteiger partial charge in [0.05, 0.1) is 10.7 Å². The second-order valence-corrected chi connectivity index (χ2v) is 5.34. The third kappa shape index (κ3) is 4.54. The number of amides is 1. The molecule has 1 amide bonds. The Morgan fingerprint density at radius 1 is 1.35 bits per heavy atom. The summed E-state index contributed by atoms with van der Waals surface area (Å²) in [7, 11) is 0. The van der Waals surface area contributed by atoms with Crippen molar-refractivity contribution < 1.29 is 14.5 Å². The summed E-state index contributed by atoms with van der Waals surface area (Å²) >= 11 is 11.7. The lowest BCUT2D eigenvalue weighted by Gasteiger charge is -2.09. The van der Waals surface area contributed by atoms with Crippen molar-refractivity contribution in [2.24, 2.45) is 0 Å². The summed E-state index contributed by atoms with van der Waals surface area (Å²) in [6, 6.07) is 7.53. The van der Waals surface area contributed by atoms with Crippen LogP contribution in [0.1, 0.15) is 5.69 Å². The Hall–Kier alpha value is -2.38. The predicted molar refractivity (Wildman–Crippen MR) is 86.2 cm³/mol. The van der Waals surface area contributed by atoms with Crippen molar-refractivity contribution in [1.29, 1.82) is 0 Å². The van der Waals surface area contributed by atoms with Gasteiger partial charge in [0.25, 0.3) is 5.91 Å². The normalized spacial score (nSPS) is 10.2. The highest BCUT2D eigenvalue weighted by Gasteiger charge is 2.18. The molecule has 23 heavy (non-hydrogen) atoms. The average Bonchev–Trinajstić information content (AvgIpc) is 2.48. The van der Waals surface area contributed by atoms with Gasteiger partial charge >= 0.3 is 5.82 Å². The molecule has 1 N–H and O–H groups in total. The molecule has 0 radical (unpaired) electrons. The van der Waals surface area contributed by atoms with Crippen LogP contribution in [0, 0.1) is 17.0 Å². The lowest BCUT2D eigenvalue weighted by atomic mass is 10.3. The largest absolute Gasteiger partial charge is 0.476 e. The smallest absolute Gasteiger partial charge is 0.406 e. The minimum Gasteiger partial charge on any atom is -0.476 e. The summed E-state index contributed by atoms with van der Waals surface area (Å²) in [6.45, 7) is 1.19. The van der Waals surface area contributed by atoms with Crippen molar-refractivity contribution in [3.05, 3.63) is 56.2 Å². The number of hydrogen-bond acceptors (Lipinski definition) is 5. The number of ether oxygens (including phenoxy) is 1. The Morgan fingerprint density at radius 3 is 2.74 bits per heavy atom. The Labute approximate surface area is 141 Å². The summed E-state index contributed by atoms with van der Waals surface area (Å²) in [5.74, 6) is -1.05. The van der Waals surface area contributed by atoms with Gasteiger partial charge in [0.1, 0.15) is 5.69 Å². The van der Waals surface area contributed by atoms with E-state index in [0.717, 1.165) is 0 Å². The molecule has 0 unspecified atom stereocenters. The molecule has 1 heterocycles. The number of nitrogens with one attached hydrogen (secondary N) is 1. The van der Waals surface area contributed by atoms with E-state index in [1.54, 1.807) is 25.1 Å². The Bertz CT molecular complexity index is 768. The molecule has 7 nitrogen and oxygen atoms in total. The van der Waals surface area contributed by atoms with Crippen LogP contribution < -0.4 is 10.1 Å². The second-order valence-electron chi connectivity index (χ2n) is 4.49. The highest BCUT2D eigenvalue weighted by atomic mass is 35.5. The molecule has 0 spiro atoms. The number of nitrogens with zero attached hydrogens (tertiary/aromatic N) is 2. The molecule has 9 heteroatoms. The van der Waals surface area contributed by atoms with Gasteiger partial charge < -0.3 is 20.2 Å². The molecule has 0 bridgehead atoms. The van der Waals surface area contributed by atoms with Gasteiger partial charge in [-0.25, -0.2) is 0 Å². The maximum Gasteiger partial charge on any atom is 0.406 e. The zero-order valence-electron chi connectivity index (χ0n) is 11.9. The van der Waals surface area contributed by atoms with Crippen LogP contribution in [0.15, 0.2) is 30.3 Å². The van der Waals surface area contributed by atoms with E-state index in [9.17, 15) is 14.9 Å². The maximum absolute atomic E-state index is 11.9. The van der Waals surface area contributed by atoms with Crippen LogP contribution in [0.25, 0.3) is 0 Å². The van der Waals surface area contributed by atoms with Gasteiger partial charge in [-0.3, -0.25) is 4.79 Å². The van der Waals surface area contributed by atoms with E-state index in [2.05, 4.69) is 10.3 Å². The summed E-state index contributed by atoms with van der Waals surface area (Å²) in [4.78, 5) is 25.9. The van der Waals surface area contributed by atoms with E-state index in [0.29, 0.717) is 16.4 Å². The van der Waals surface area contributed by atoms with E-state index >= 15 is 0 Å². The third-order valence-electron chi connectivity index (χ3n) is 2.72. The van der Waals surface area contributed by atoms with Crippen LogP contribution >= 0.6 is 23.2 Å². The maximum atomic E-state index is 11.9. The van der Waals surface area contributed by atoms with E-state index in [4.69, 9.17) is 27.9 Å². The van der Waals surface area contributed by atoms with Crippen molar-refractivity contribution in [1.82, 2.24) is 4.98 Å². The fourth-order valence-electron chi connectivity index (χ4n) is 1.69. The number of rotatable bonds is 5. The molecule has 120 valence electrons. The molecule has 0 aliphatic carbocycles. The van der Waals surface area contributed by atoms with Crippen molar-refractivity contribution in [3.63, 3.8) is 0 Å². The molecule has 0 saturated heterocycles. The Morgan fingerprint density at radius 2 is 2.09 bits per heavy atom. The van der Waals surface area contributed by atoms with Crippen LogP contribution in [0.2, 0.25) is 10.0 Å². The highest BCUT2D eigenvalue weighted by Crippen LogP contribution is 2.26. The topological polar surface area (TPSA) is 94.4 Å². The minimum absolute atomic E-state index is 0.0852. The van der Waals surface area contributed by atoms with Crippen LogP contribution in [-0.4, -0.2) is 22.4 Å². The molecule has 2 rings (SSSR count). The summed E-state index contributed by atoms with van der Waals surface area (Å²) in [5.41, 5.74) is 0.836. The van der Waals surface area contributed by atoms with E-state index in [1.807, 2.05) is 0 Å². The lowest BCUT2D eigenvalue weighted by Crippen LogP contribution is -2.20. The first-order valence-electron chi connectivity index (χ1n) is 6.36. The first-order chi connectivity index (χ1) is 10.9. The molecule has 1 aromatic heterocycles. The van der Waals surface area contributed by atoms with Gasteiger partial charge in [0, 0.05) is 11.9 Å².